The highest BCUT2D eigenvalue weighted by molar-refractivity contribution is 9.10. The minimum Gasteiger partial charge on any atom is -0.272 e. The number of benzene rings is 1. The van der Waals surface area contributed by atoms with Crippen LogP contribution in [0.5, 0.6) is 0 Å². The first-order valence-electron chi connectivity index (χ1n) is 6.95. The summed E-state index contributed by atoms with van der Waals surface area (Å²) in [4.78, 5) is 0. The van der Waals surface area contributed by atoms with E-state index in [1.54, 1.807) is 0 Å². The van der Waals surface area contributed by atoms with Gasteiger partial charge in [0.15, 0.2) is 0 Å². The lowest BCUT2D eigenvalue weighted by Crippen LogP contribution is -2.13. The van der Waals surface area contributed by atoms with E-state index in [9.17, 15) is 0 Å². The monoisotopic (exact) mass is 398 g/mol. The van der Waals surface area contributed by atoms with Gasteiger partial charge in [-0.3, -0.25) is 4.68 Å². The zero-order valence-electron chi connectivity index (χ0n) is 11.9. The van der Waals surface area contributed by atoms with Crippen LogP contribution in [0.2, 0.25) is 0 Å². The van der Waals surface area contributed by atoms with Gasteiger partial charge in [0, 0.05) is 22.5 Å². The molecule has 108 valence electrons. The van der Waals surface area contributed by atoms with Gasteiger partial charge in [0.05, 0.1) is 5.69 Å². The van der Waals surface area contributed by atoms with Crippen LogP contribution in [0.25, 0.3) is 0 Å². The number of aryl methyl sites for hydroxylation is 2. The topological polar surface area (TPSA) is 17.8 Å². The lowest BCUT2D eigenvalue weighted by Gasteiger charge is -2.15. The first-order valence-corrected chi connectivity index (χ1v) is 8.86. The molecule has 1 unspecified atom stereocenters. The second-order valence-electron chi connectivity index (χ2n) is 5.12. The van der Waals surface area contributed by atoms with E-state index in [4.69, 9.17) is 0 Å². The number of rotatable bonds is 6. The third kappa shape index (κ3) is 3.95. The summed E-state index contributed by atoms with van der Waals surface area (Å²) in [7, 11) is 2.04. The van der Waals surface area contributed by atoms with Crippen molar-refractivity contribution in [3.63, 3.8) is 0 Å². The Morgan fingerprint density at radius 3 is 2.60 bits per heavy atom. The van der Waals surface area contributed by atoms with Crippen molar-refractivity contribution in [3.05, 3.63) is 51.8 Å². The molecular formula is C16H20Br2N2. The minimum atomic E-state index is 0.578. The molecule has 2 nitrogen and oxygen atoms in total. The molecule has 0 saturated carbocycles. The Morgan fingerprint density at radius 2 is 2.00 bits per heavy atom. The molecule has 0 N–H and O–H groups in total. The Labute approximate surface area is 137 Å². The van der Waals surface area contributed by atoms with Gasteiger partial charge in [-0.2, -0.15) is 5.10 Å². The standard InChI is InChI=1S/C16H20Br2N2/c1-3-14-10-15(20(2)19-14)9-12(11-17)8-13-6-4-5-7-16(13)18/h4-7,10,12H,3,8-9,11H2,1-2H3. The maximum Gasteiger partial charge on any atom is 0.0624 e. The van der Waals surface area contributed by atoms with E-state index in [2.05, 4.69) is 74.2 Å². The molecule has 0 aliphatic carbocycles. The van der Waals surface area contributed by atoms with Crippen LogP contribution in [-0.4, -0.2) is 15.1 Å². The van der Waals surface area contributed by atoms with Crippen LogP contribution in [-0.2, 0) is 26.3 Å². The summed E-state index contributed by atoms with van der Waals surface area (Å²) < 4.78 is 3.22. The van der Waals surface area contributed by atoms with Gasteiger partial charge < -0.3 is 0 Å². The molecule has 0 radical (unpaired) electrons. The summed E-state index contributed by atoms with van der Waals surface area (Å²) in [6.07, 6.45) is 3.12. The number of alkyl halides is 1. The van der Waals surface area contributed by atoms with E-state index in [1.807, 2.05) is 11.7 Å². The number of halogens is 2. The molecule has 0 saturated heterocycles. The molecule has 20 heavy (non-hydrogen) atoms. The van der Waals surface area contributed by atoms with Gasteiger partial charge in [-0.15, -0.1) is 0 Å². The molecule has 2 rings (SSSR count). The highest BCUT2D eigenvalue weighted by atomic mass is 79.9. The van der Waals surface area contributed by atoms with E-state index in [0.29, 0.717) is 5.92 Å². The maximum absolute atomic E-state index is 4.53. The lowest BCUT2D eigenvalue weighted by molar-refractivity contribution is 0.556. The third-order valence-corrected chi connectivity index (χ3v) is 5.26. The highest BCUT2D eigenvalue weighted by Gasteiger charge is 2.14. The van der Waals surface area contributed by atoms with Crippen molar-refractivity contribution in [3.8, 4) is 0 Å². The minimum absolute atomic E-state index is 0.578. The maximum atomic E-state index is 4.53. The molecule has 0 aliphatic rings. The Morgan fingerprint density at radius 1 is 1.25 bits per heavy atom. The first-order chi connectivity index (χ1) is 9.63. The molecule has 1 aromatic heterocycles. The van der Waals surface area contributed by atoms with Crippen LogP contribution in [0.4, 0.5) is 0 Å². The molecule has 0 aliphatic heterocycles. The molecule has 0 spiro atoms. The third-order valence-electron chi connectivity index (χ3n) is 3.57. The van der Waals surface area contributed by atoms with Crippen molar-refractivity contribution in [1.82, 2.24) is 9.78 Å². The molecule has 0 fully saturated rings. The summed E-state index contributed by atoms with van der Waals surface area (Å²) in [6.45, 7) is 2.15. The van der Waals surface area contributed by atoms with Crippen LogP contribution in [0, 0.1) is 5.92 Å². The SMILES string of the molecule is CCc1cc(CC(CBr)Cc2ccccc2Br)n(C)n1. The van der Waals surface area contributed by atoms with Gasteiger partial charge in [0.1, 0.15) is 0 Å². The number of nitrogens with zero attached hydrogens (tertiary/aromatic N) is 2. The molecule has 1 aromatic carbocycles. The smallest absolute Gasteiger partial charge is 0.0624 e. The second kappa shape index (κ2) is 7.41. The summed E-state index contributed by atoms with van der Waals surface area (Å²) in [6, 6.07) is 10.7. The Bertz CT molecular complexity index is 563. The molecule has 0 bridgehead atoms. The van der Waals surface area contributed by atoms with Crippen LogP contribution in [0.1, 0.15) is 23.9 Å². The second-order valence-corrected chi connectivity index (χ2v) is 6.63. The van der Waals surface area contributed by atoms with Crippen LogP contribution >= 0.6 is 31.9 Å². The van der Waals surface area contributed by atoms with Gasteiger partial charge in [-0.05, 0) is 42.9 Å². The van der Waals surface area contributed by atoms with Crippen molar-refractivity contribution in [2.45, 2.75) is 26.2 Å². The van der Waals surface area contributed by atoms with Crippen LogP contribution in [0.3, 0.4) is 0 Å². The number of hydrogen-bond acceptors (Lipinski definition) is 1. The zero-order chi connectivity index (χ0) is 14.5. The van der Waals surface area contributed by atoms with E-state index in [1.165, 1.54) is 21.4 Å². The fourth-order valence-electron chi connectivity index (χ4n) is 2.39. The summed E-state index contributed by atoms with van der Waals surface area (Å²) >= 11 is 7.30. The lowest BCUT2D eigenvalue weighted by atomic mass is 9.96. The van der Waals surface area contributed by atoms with E-state index in [0.717, 1.165) is 24.6 Å². The fourth-order valence-corrected chi connectivity index (χ4v) is 3.29. The average Bonchev–Trinajstić information content (AvgIpc) is 2.81. The number of hydrogen-bond donors (Lipinski definition) is 0. The van der Waals surface area contributed by atoms with Crippen LogP contribution < -0.4 is 0 Å². The van der Waals surface area contributed by atoms with Crippen molar-refractivity contribution in [2.24, 2.45) is 13.0 Å². The Balaban J connectivity index is 2.09. The average molecular weight is 400 g/mol. The van der Waals surface area contributed by atoms with E-state index in [-0.39, 0.29) is 0 Å². The summed E-state index contributed by atoms with van der Waals surface area (Å²) in [5.41, 5.74) is 3.87. The number of aromatic nitrogens is 2. The van der Waals surface area contributed by atoms with Crippen molar-refractivity contribution < 1.29 is 0 Å². The predicted octanol–water partition coefficient (Wildman–Crippen LogP) is 4.54. The first kappa shape index (κ1) is 15.8. The highest BCUT2D eigenvalue weighted by Crippen LogP contribution is 2.23. The van der Waals surface area contributed by atoms with Crippen molar-refractivity contribution in [2.75, 3.05) is 5.33 Å². The van der Waals surface area contributed by atoms with Gasteiger partial charge >= 0.3 is 0 Å². The molecule has 4 heteroatoms. The van der Waals surface area contributed by atoms with Crippen molar-refractivity contribution in [1.29, 1.82) is 0 Å². The van der Waals surface area contributed by atoms with Crippen LogP contribution in [0.15, 0.2) is 34.8 Å². The van der Waals surface area contributed by atoms with E-state index < -0.39 is 0 Å². The van der Waals surface area contributed by atoms with Gasteiger partial charge in [-0.1, -0.05) is 57.0 Å². The molecule has 1 heterocycles. The zero-order valence-corrected chi connectivity index (χ0v) is 15.1. The van der Waals surface area contributed by atoms with Gasteiger partial charge in [0.25, 0.3) is 0 Å². The molecular weight excluding hydrogens is 380 g/mol. The van der Waals surface area contributed by atoms with E-state index >= 15 is 0 Å². The quantitative estimate of drug-likeness (QED) is 0.652. The van der Waals surface area contributed by atoms with Gasteiger partial charge in [-0.25, -0.2) is 0 Å². The largest absolute Gasteiger partial charge is 0.272 e. The molecule has 1 atom stereocenters. The molecule has 0 amide bonds. The predicted molar refractivity (Wildman–Crippen MR) is 91.4 cm³/mol. The van der Waals surface area contributed by atoms with Crippen molar-refractivity contribution >= 4 is 31.9 Å². The fraction of sp³-hybridized carbons (Fsp3) is 0.438. The summed E-state index contributed by atoms with van der Waals surface area (Å²) in [5, 5.41) is 5.53. The Hall–Kier alpha value is -0.610. The normalized spacial score (nSPS) is 12.6. The van der Waals surface area contributed by atoms with Gasteiger partial charge in [0.2, 0.25) is 0 Å². The Kier molecular flexibility index (Phi) is 5.85. The summed E-state index contributed by atoms with van der Waals surface area (Å²) in [5.74, 6) is 0.578. The molecule has 2 aromatic rings.